The SMILES string of the molecule is C[N+](C)(C#P=O)CCO.[Cl-]. The molecule has 0 fully saturated rings. The van der Waals surface area contributed by atoms with Crippen LogP contribution in [0.3, 0.4) is 0 Å². The molecule has 0 spiro atoms. The summed E-state index contributed by atoms with van der Waals surface area (Å²) < 4.78 is 10.3. The fourth-order valence-corrected chi connectivity index (χ4v) is 0.732. The molecule has 10 heavy (non-hydrogen) atoms. The van der Waals surface area contributed by atoms with Crippen LogP contribution in [0.4, 0.5) is 0 Å². The van der Waals surface area contributed by atoms with Crippen LogP contribution < -0.4 is 12.4 Å². The average Bonchev–Trinajstić information content (AvgIpc) is 1.64. The Morgan fingerprint density at radius 2 is 2.10 bits per heavy atom. The third-order valence-corrected chi connectivity index (χ3v) is 1.59. The maximum atomic E-state index is 9.98. The molecule has 60 valence electrons. The zero-order valence-electron chi connectivity index (χ0n) is 6.04. The summed E-state index contributed by atoms with van der Waals surface area (Å²) in [6, 6.07) is 0. The van der Waals surface area contributed by atoms with E-state index in [-0.39, 0.29) is 26.9 Å². The van der Waals surface area contributed by atoms with Gasteiger partial charge in [0.25, 0.3) is 0 Å². The van der Waals surface area contributed by atoms with Crippen LogP contribution in [0.15, 0.2) is 0 Å². The molecule has 0 aliphatic rings. The molecule has 0 bridgehead atoms. The van der Waals surface area contributed by atoms with Crippen molar-refractivity contribution in [2.75, 3.05) is 27.2 Å². The van der Waals surface area contributed by atoms with Crippen molar-refractivity contribution in [2.45, 2.75) is 0 Å². The number of aliphatic hydroxyl groups excluding tert-OH is 1. The summed E-state index contributed by atoms with van der Waals surface area (Å²) >= 11 is 0. The molecule has 0 aromatic rings. The van der Waals surface area contributed by atoms with E-state index in [0.29, 0.717) is 11.0 Å². The molecule has 5 heteroatoms. The Kier molecular flexibility index (Phi) is 7.67. The topological polar surface area (TPSA) is 37.3 Å². The first kappa shape index (κ1) is 12.9. The number of hydrogen-bond acceptors (Lipinski definition) is 2. The number of halogens is 1. The van der Waals surface area contributed by atoms with Gasteiger partial charge in [0.15, 0.2) is 0 Å². The number of nitrogens with zero attached hydrogens (tertiary/aromatic N) is 1. The fraction of sp³-hybridized carbons (Fsp3) is 0.800. The summed E-state index contributed by atoms with van der Waals surface area (Å²) in [4.78, 5) is 0. The molecule has 0 rings (SSSR count). The molecule has 0 heterocycles. The normalized spacial score (nSPS) is 9.50. The van der Waals surface area contributed by atoms with E-state index < -0.39 is 0 Å². The molecular weight excluding hydrogens is 172 g/mol. The minimum absolute atomic E-state index is 0. The molecule has 0 aliphatic carbocycles. The van der Waals surface area contributed by atoms with E-state index in [4.69, 9.17) is 5.11 Å². The van der Waals surface area contributed by atoms with E-state index in [1.54, 1.807) is 0 Å². The summed E-state index contributed by atoms with van der Waals surface area (Å²) in [5, 5.41) is 8.47. The Labute approximate surface area is 68.2 Å². The van der Waals surface area contributed by atoms with Crippen molar-refractivity contribution in [1.29, 1.82) is 0 Å². The maximum absolute atomic E-state index is 9.98. The fourth-order valence-electron chi connectivity index (χ4n) is 0.411. The van der Waals surface area contributed by atoms with Gasteiger partial charge >= 0.3 is 55.1 Å². The predicted octanol–water partition coefficient (Wildman–Crippen LogP) is -2.73. The Bertz CT molecular complexity index is 175. The standard InChI is InChI=1S/C5H11NO2P.ClH/c1-6(2,3-4-7)5-9-8;/h7H,3-4H2,1-2H3;1H/q+1;/p-1. The summed E-state index contributed by atoms with van der Waals surface area (Å²) in [7, 11) is 3.54. The molecule has 0 unspecified atom stereocenters. The second kappa shape index (κ2) is 5.96. The van der Waals surface area contributed by atoms with Crippen LogP contribution in [0, 0.1) is 5.75 Å². The quantitative estimate of drug-likeness (QED) is 0.373. The Hall–Kier alpha value is 0.220. The third-order valence-electron chi connectivity index (χ3n) is 0.971. The molecule has 0 amide bonds. The second-order valence-electron chi connectivity index (χ2n) is 2.32. The van der Waals surface area contributed by atoms with Gasteiger partial charge in [-0.25, -0.2) is 0 Å². The van der Waals surface area contributed by atoms with Crippen molar-refractivity contribution in [3.63, 3.8) is 0 Å². The molecule has 0 saturated heterocycles. The number of hydrogen-bond donors (Lipinski definition) is 1. The van der Waals surface area contributed by atoms with Gasteiger partial charge < -0.3 is 12.4 Å². The number of likely N-dealkylation sites (N-methyl/N-ethyl adjacent to an activating group) is 1. The minimum Gasteiger partial charge on any atom is -1.00 e. The minimum atomic E-state index is -0.105. The predicted molar refractivity (Wildman–Crippen MR) is 35.6 cm³/mol. The molecule has 0 saturated carbocycles. The van der Waals surface area contributed by atoms with Gasteiger partial charge in [-0.1, -0.05) is 0 Å². The molecule has 0 radical (unpaired) electrons. The van der Waals surface area contributed by atoms with Crippen LogP contribution in [0.5, 0.6) is 0 Å². The van der Waals surface area contributed by atoms with Crippen molar-refractivity contribution in [3.8, 4) is 5.75 Å². The van der Waals surface area contributed by atoms with E-state index in [9.17, 15) is 4.57 Å². The van der Waals surface area contributed by atoms with Gasteiger partial charge in [0, 0.05) is 0 Å². The smallest absolute Gasteiger partial charge is 1.00 e. The first-order valence-electron chi connectivity index (χ1n) is 2.66. The molecule has 3 nitrogen and oxygen atoms in total. The molecule has 0 atom stereocenters. The van der Waals surface area contributed by atoms with E-state index in [1.807, 2.05) is 14.1 Å². The van der Waals surface area contributed by atoms with Gasteiger partial charge in [-0.15, -0.1) is 0 Å². The van der Waals surface area contributed by atoms with E-state index >= 15 is 0 Å². The van der Waals surface area contributed by atoms with Crippen molar-refractivity contribution in [2.24, 2.45) is 0 Å². The molecule has 0 aliphatic heterocycles. The van der Waals surface area contributed by atoms with Gasteiger partial charge in [0.2, 0.25) is 0 Å². The van der Waals surface area contributed by atoms with Gasteiger partial charge in [-0.3, -0.25) is 0 Å². The number of rotatable bonds is 2. The van der Waals surface area contributed by atoms with Crippen LogP contribution in [0.1, 0.15) is 0 Å². The van der Waals surface area contributed by atoms with Gasteiger partial charge in [-0.2, -0.15) is 0 Å². The van der Waals surface area contributed by atoms with Crippen molar-refractivity contribution in [1.82, 2.24) is 0 Å². The van der Waals surface area contributed by atoms with E-state index in [1.165, 1.54) is 0 Å². The van der Waals surface area contributed by atoms with Crippen LogP contribution in [0.2, 0.25) is 0 Å². The molecule has 0 aromatic heterocycles. The molecule has 1 N–H and O–H groups in total. The first-order valence-corrected chi connectivity index (χ1v) is 3.47. The van der Waals surface area contributed by atoms with Crippen molar-refractivity contribution >= 4 is 7.92 Å². The van der Waals surface area contributed by atoms with Crippen molar-refractivity contribution < 1.29 is 26.6 Å². The second-order valence-corrected chi connectivity index (χ2v) is 2.71. The van der Waals surface area contributed by atoms with Crippen LogP contribution in [-0.2, 0) is 4.57 Å². The van der Waals surface area contributed by atoms with Gasteiger partial charge in [-0.05, 0) is 0 Å². The van der Waals surface area contributed by atoms with Crippen LogP contribution >= 0.6 is 7.92 Å². The first-order chi connectivity index (χ1) is 4.12. The molecular formula is C5H11ClNO2P. The Morgan fingerprint density at radius 1 is 1.60 bits per heavy atom. The molecule has 0 aromatic carbocycles. The zero-order chi connectivity index (χ0) is 7.33. The van der Waals surface area contributed by atoms with Gasteiger partial charge in [0.1, 0.15) is 0 Å². The number of aliphatic hydroxyl groups is 1. The monoisotopic (exact) mass is 183 g/mol. The van der Waals surface area contributed by atoms with Gasteiger partial charge in [0.05, 0.1) is 0 Å². The summed E-state index contributed by atoms with van der Waals surface area (Å²) in [5.74, 6) is 2.62. The largest absolute Gasteiger partial charge is 1.00 e. The van der Waals surface area contributed by atoms with E-state index in [0.717, 1.165) is 0 Å². The third kappa shape index (κ3) is 6.34. The van der Waals surface area contributed by atoms with E-state index in [2.05, 4.69) is 5.75 Å². The Balaban J connectivity index is 0. The maximum Gasteiger partial charge on any atom is -1.00 e. The summed E-state index contributed by atoms with van der Waals surface area (Å²) in [5.41, 5.74) is 0. The van der Waals surface area contributed by atoms with Crippen LogP contribution in [0.25, 0.3) is 0 Å². The zero-order valence-corrected chi connectivity index (χ0v) is 7.69. The summed E-state index contributed by atoms with van der Waals surface area (Å²) in [6.45, 7) is 0.644. The van der Waals surface area contributed by atoms with Crippen LogP contribution in [-0.4, -0.2) is 36.8 Å². The summed E-state index contributed by atoms with van der Waals surface area (Å²) in [6.07, 6.45) is 0. The van der Waals surface area contributed by atoms with Crippen molar-refractivity contribution in [3.05, 3.63) is 0 Å². The average molecular weight is 184 g/mol. The number of quaternary nitrogens is 1. The Morgan fingerprint density at radius 3 is 2.40 bits per heavy atom.